The molecule has 1 saturated heterocycles. The summed E-state index contributed by atoms with van der Waals surface area (Å²) < 4.78 is 45.2. The van der Waals surface area contributed by atoms with Crippen molar-refractivity contribution in [1.82, 2.24) is 4.90 Å². The van der Waals surface area contributed by atoms with Gasteiger partial charge in [-0.15, -0.1) is 13.2 Å². The van der Waals surface area contributed by atoms with Crippen molar-refractivity contribution in [2.75, 3.05) is 37.7 Å². The number of benzene rings is 2. The molecule has 6 nitrogen and oxygen atoms in total. The lowest BCUT2D eigenvalue weighted by atomic mass is 10.2. The number of para-hydroxylation sites is 1. The van der Waals surface area contributed by atoms with Gasteiger partial charge in [0.05, 0.1) is 0 Å². The lowest BCUT2D eigenvalue weighted by molar-refractivity contribution is -0.274. The molecular weight excluding hydrogens is 413 g/mol. The van der Waals surface area contributed by atoms with Crippen LogP contribution in [-0.2, 0) is 14.3 Å². The van der Waals surface area contributed by atoms with Gasteiger partial charge in [-0.3, -0.25) is 4.79 Å². The summed E-state index contributed by atoms with van der Waals surface area (Å²) in [5, 5.41) is 0. The zero-order valence-corrected chi connectivity index (χ0v) is 16.5. The van der Waals surface area contributed by atoms with Crippen molar-refractivity contribution in [3.05, 3.63) is 66.2 Å². The quantitative estimate of drug-likeness (QED) is 0.515. The first-order valence-corrected chi connectivity index (χ1v) is 9.58. The van der Waals surface area contributed by atoms with Crippen LogP contribution >= 0.6 is 0 Å². The van der Waals surface area contributed by atoms with Crippen LogP contribution < -0.4 is 9.64 Å². The number of esters is 1. The molecule has 1 aliphatic rings. The minimum absolute atomic E-state index is 0.275. The summed E-state index contributed by atoms with van der Waals surface area (Å²) in [6, 6.07) is 14.9. The molecule has 1 aliphatic heterocycles. The molecule has 0 saturated carbocycles. The first-order valence-electron chi connectivity index (χ1n) is 9.58. The molecule has 0 radical (unpaired) electrons. The molecule has 1 amide bonds. The first kappa shape index (κ1) is 22.2. The minimum Gasteiger partial charge on any atom is -0.452 e. The largest absolute Gasteiger partial charge is 0.573 e. The van der Waals surface area contributed by atoms with Crippen LogP contribution in [0.2, 0.25) is 0 Å². The van der Waals surface area contributed by atoms with Gasteiger partial charge in [0.2, 0.25) is 0 Å². The normalized spacial score (nSPS) is 14.5. The minimum atomic E-state index is -4.76. The number of halogens is 3. The molecule has 1 fully saturated rings. The summed E-state index contributed by atoms with van der Waals surface area (Å²) in [6.45, 7) is 2.09. The Morgan fingerprint density at radius 1 is 0.935 bits per heavy atom. The van der Waals surface area contributed by atoms with Gasteiger partial charge >= 0.3 is 12.3 Å². The smallest absolute Gasteiger partial charge is 0.452 e. The second-order valence-corrected chi connectivity index (χ2v) is 6.76. The second kappa shape index (κ2) is 10.0. The molecule has 2 aromatic rings. The van der Waals surface area contributed by atoms with Crippen molar-refractivity contribution in [1.29, 1.82) is 0 Å². The maximum Gasteiger partial charge on any atom is 0.573 e. The summed E-state index contributed by atoms with van der Waals surface area (Å²) in [5.41, 5.74) is 1.58. The fraction of sp³-hybridized carbons (Fsp3) is 0.273. The highest BCUT2D eigenvalue weighted by Gasteiger charge is 2.30. The number of hydrogen-bond acceptors (Lipinski definition) is 5. The van der Waals surface area contributed by atoms with Gasteiger partial charge in [0.1, 0.15) is 5.75 Å². The summed E-state index contributed by atoms with van der Waals surface area (Å²) in [4.78, 5) is 27.9. The van der Waals surface area contributed by atoms with Crippen molar-refractivity contribution >= 4 is 23.6 Å². The van der Waals surface area contributed by atoms with E-state index in [0.29, 0.717) is 31.7 Å². The van der Waals surface area contributed by atoms with Crippen molar-refractivity contribution in [3.63, 3.8) is 0 Å². The lowest BCUT2D eigenvalue weighted by Crippen LogP contribution is -2.49. The van der Waals surface area contributed by atoms with E-state index in [1.54, 1.807) is 4.90 Å². The molecule has 0 N–H and O–H groups in total. The fourth-order valence-corrected chi connectivity index (χ4v) is 3.07. The summed E-state index contributed by atoms with van der Waals surface area (Å²) >= 11 is 0. The number of carbonyl (C=O) groups is 2. The summed E-state index contributed by atoms with van der Waals surface area (Å²) in [5.74, 6) is -1.35. The van der Waals surface area contributed by atoms with E-state index in [1.807, 2.05) is 30.3 Å². The van der Waals surface area contributed by atoms with Crippen LogP contribution in [0.15, 0.2) is 60.7 Å². The third-order valence-corrected chi connectivity index (χ3v) is 4.62. The zero-order chi connectivity index (χ0) is 22.3. The number of ether oxygens (including phenoxy) is 2. The Morgan fingerprint density at radius 3 is 2.19 bits per heavy atom. The lowest BCUT2D eigenvalue weighted by Gasteiger charge is -2.36. The van der Waals surface area contributed by atoms with Crippen LogP contribution in [0, 0.1) is 0 Å². The Morgan fingerprint density at radius 2 is 1.58 bits per heavy atom. The van der Waals surface area contributed by atoms with Gasteiger partial charge in [0.25, 0.3) is 5.91 Å². The molecule has 0 aromatic heterocycles. The standard InChI is InChI=1S/C22H21F3N2O4/c23-22(24,25)31-19-9-6-17(7-10-19)8-11-21(29)30-16-20(28)27-14-12-26(13-15-27)18-4-2-1-3-5-18/h1-11H,12-16H2/b11-8+. The van der Waals surface area contributed by atoms with Gasteiger partial charge in [0, 0.05) is 37.9 Å². The zero-order valence-electron chi connectivity index (χ0n) is 16.5. The van der Waals surface area contributed by atoms with Crippen LogP contribution in [0.1, 0.15) is 5.56 Å². The van der Waals surface area contributed by atoms with E-state index >= 15 is 0 Å². The molecule has 3 rings (SSSR count). The van der Waals surface area contributed by atoms with Crippen LogP contribution in [0.4, 0.5) is 18.9 Å². The van der Waals surface area contributed by atoms with Crippen molar-refractivity contribution in [3.8, 4) is 5.75 Å². The van der Waals surface area contributed by atoms with Crippen molar-refractivity contribution < 1.29 is 32.2 Å². The first-order chi connectivity index (χ1) is 14.8. The number of amides is 1. The van der Waals surface area contributed by atoms with Gasteiger partial charge in [-0.2, -0.15) is 0 Å². The number of carbonyl (C=O) groups excluding carboxylic acids is 2. The highest BCUT2D eigenvalue weighted by molar-refractivity contribution is 5.89. The van der Waals surface area contributed by atoms with Gasteiger partial charge in [-0.05, 0) is 35.9 Å². The molecule has 0 bridgehead atoms. The highest BCUT2D eigenvalue weighted by atomic mass is 19.4. The molecule has 9 heteroatoms. The van der Waals surface area contributed by atoms with Crippen molar-refractivity contribution in [2.24, 2.45) is 0 Å². The fourth-order valence-electron chi connectivity index (χ4n) is 3.07. The molecule has 0 spiro atoms. The number of nitrogens with zero attached hydrogens (tertiary/aromatic N) is 2. The van der Waals surface area contributed by atoms with E-state index in [9.17, 15) is 22.8 Å². The summed E-state index contributed by atoms with van der Waals surface area (Å²) in [7, 11) is 0. The Kier molecular flexibility index (Phi) is 7.17. The van der Waals surface area contributed by atoms with E-state index in [1.165, 1.54) is 18.2 Å². The highest BCUT2D eigenvalue weighted by Crippen LogP contribution is 2.23. The molecule has 0 aliphatic carbocycles. The molecule has 0 unspecified atom stereocenters. The topological polar surface area (TPSA) is 59.1 Å². The molecule has 1 heterocycles. The number of hydrogen-bond donors (Lipinski definition) is 0. The Bertz CT molecular complexity index is 907. The monoisotopic (exact) mass is 434 g/mol. The maximum absolute atomic E-state index is 12.3. The van der Waals surface area contributed by atoms with E-state index in [2.05, 4.69) is 9.64 Å². The van der Waals surface area contributed by atoms with Gasteiger partial charge in [0.15, 0.2) is 6.61 Å². The van der Waals surface area contributed by atoms with Crippen LogP contribution in [-0.4, -0.2) is 55.9 Å². The van der Waals surface area contributed by atoms with Gasteiger partial charge in [-0.25, -0.2) is 4.79 Å². The molecule has 164 valence electrons. The average molecular weight is 434 g/mol. The van der Waals surface area contributed by atoms with Gasteiger partial charge < -0.3 is 19.3 Å². The SMILES string of the molecule is O=C(/C=C/c1ccc(OC(F)(F)F)cc1)OCC(=O)N1CCN(c2ccccc2)CC1. The Labute approximate surface area is 177 Å². The number of piperazine rings is 1. The predicted octanol–water partition coefficient (Wildman–Crippen LogP) is 3.49. The van der Waals surface area contributed by atoms with Crippen LogP contribution in [0.25, 0.3) is 6.08 Å². The number of rotatable bonds is 6. The van der Waals surface area contributed by atoms with Crippen molar-refractivity contribution in [2.45, 2.75) is 6.36 Å². The van der Waals surface area contributed by atoms with E-state index in [-0.39, 0.29) is 18.3 Å². The van der Waals surface area contributed by atoms with Crippen LogP contribution in [0.5, 0.6) is 5.75 Å². The number of alkyl halides is 3. The Hall–Kier alpha value is -3.49. The number of anilines is 1. The maximum atomic E-state index is 12.3. The van der Waals surface area contributed by atoms with Crippen LogP contribution in [0.3, 0.4) is 0 Å². The molecule has 31 heavy (non-hydrogen) atoms. The second-order valence-electron chi connectivity index (χ2n) is 6.76. The molecule has 2 aromatic carbocycles. The molecule has 0 atom stereocenters. The predicted molar refractivity (Wildman–Crippen MR) is 108 cm³/mol. The Balaban J connectivity index is 1.41. The third-order valence-electron chi connectivity index (χ3n) is 4.62. The average Bonchev–Trinajstić information content (AvgIpc) is 2.76. The van der Waals surface area contributed by atoms with Gasteiger partial charge in [-0.1, -0.05) is 30.3 Å². The summed E-state index contributed by atoms with van der Waals surface area (Å²) in [6.07, 6.45) is -2.27. The van der Waals surface area contributed by atoms with E-state index in [0.717, 1.165) is 23.9 Å². The third kappa shape index (κ3) is 7.06. The van der Waals surface area contributed by atoms with E-state index in [4.69, 9.17) is 4.74 Å². The molecular formula is C22H21F3N2O4. The van der Waals surface area contributed by atoms with E-state index < -0.39 is 12.3 Å².